The Kier molecular flexibility index (Phi) is 7.19. The quantitative estimate of drug-likeness (QED) is 0.552. The van der Waals surface area contributed by atoms with E-state index in [-0.39, 0.29) is 35.1 Å². The molecule has 142 valence electrons. The van der Waals surface area contributed by atoms with Crippen LogP contribution in [-0.2, 0) is 13.0 Å². The fourth-order valence-electron chi connectivity index (χ4n) is 3.43. The van der Waals surface area contributed by atoms with Crippen molar-refractivity contribution in [2.45, 2.75) is 13.0 Å². The summed E-state index contributed by atoms with van der Waals surface area (Å²) >= 11 is 5.98. The number of hydrogen-bond donors (Lipinski definition) is 0. The number of para-hydroxylation sites is 1. The minimum Gasteiger partial charge on any atom is -0.545 e. The summed E-state index contributed by atoms with van der Waals surface area (Å²) in [6.07, 6.45) is 4.40. The predicted molar refractivity (Wildman–Crippen MR) is 106 cm³/mol. The van der Waals surface area contributed by atoms with Gasteiger partial charge in [0.05, 0.1) is 18.2 Å². The van der Waals surface area contributed by atoms with Crippen molar-refractivity contribution in [3.05, 3.63) is 88.2 Å². The van der Waals surface area contributed by atoms with Crippen molar-refractivity contribution in [1.82, 2.24) is 4.98 Å². The van der Waals surface area contributed by atoms with E-state index in [0.29, 0.717) is 30.5 Å². The van der Waals surface area contributed by atoms with E-state index in [1.165, 1.54) is 6.07 Å². The molecule has 1 aliphatic rings. The fraction of sp³-hybridized carbons (Fsp3) is 0.182. The summed E-state index contributed by atoms with van der Waals surface area (Å²) in [5.74, 6) is -0.854. The first-order chi connectivity index (χ1) is 13.6. The summed E-state index contributed by atoms with van der Waals surface area (Å²) in [6, 6.07) is 14.9. The summed E-state index contributed by atoms with van der Waals surface area (Å²) in [6.45, 7) is 1.74. The fourth-order valence-corrected chi connectivity index (χ4v) is 3.55. The van der Waals surface area contributed by atoms with Gasteiger partial charge in [0.1, 0.15) is 6.61 Å². The second-order valence-electron chi connectivity index (χ2n) is 6.66. The van der Waals surface area contributed by atoms with Crippen LogP contribution in [0.4, 0.5) is 5.69 Å². The first-order valence-electron chi connectivity index (χ1n) is 9.00. The standard InChI is InChI=1S/C22H19ClN2O3.Na/c23-18-6-4-15(5-7-18)12-17-13-24-9-8-16(17)14-25-10-11-28-21-19(22(26)27)2-1-3-20(21)25;/h1-9,13H,10-12,14H2,(H,26,27);/q;+1/p-1. The molecule has 0 saturated heterocycles. The first kappa shape index (κ1) is 21.7. The molecule has 7 heteroatoms. The predicted octanol–water partition coefficient (Wildman–Crippen LogP) is 0.0923. The van der Waals surface area contributed by atoms with Crippen LogP contribution < -0.4 is 44.3 Å². The minimum absolute atomic E-state index is 0. The summed E-state index contributed by atoms with van der Waals surface area (Å²) in [5, 5.41) is 12.1. The zero-order valence-electron chi connectivity index (χ0n) is 16.1. The van der Waals surface area contributed by atoms with Gasteiger partial charge in [-0.3, -0.25) is 4.98 Å². The average molecular weight is 417 g/mol. The van der Waals surface area contributed by atoms with Crippen LogP contribution >= 0.6 is 11.6 Å². The Morgan fingerprint density at radius 1 is 1.14 bits per heavy atom. The van der Waals surface area contributed by atoms with E-state index in [1.54, 1.807) is 12.3 Å². The summed E-state index contributed by atoms with van der Waals surface area (Å²) in [4.78, 5) is 17.8. The molecule has 29 heavy (non-hydrogen) atoms. The molecule has 0 aliphatic carbocycles. The van der Waals surface area contributed by atoms with Crippen molar-refractivity contribution < 1.29 is 44.2 Å². The second-order valence-corrected chi connectivity index (χ2v) is 7.10. The van der Waals surface area contributed by atoms with Gasteiger partial charge in [-0.1, -0.05) is 29.8 Å². The molecule has 0 fully saturated rings. The molecule has 4 rings (SSSR count). The molecule has 0 radical (unpaired) electrons. The van der Waals surface area contributed by atoms with E-state index in [1.807, 2.05) is 42.6 Å². The number of hydrogen-bond acceptors (Lipinski definition) is 5. The molecule has 0 saturated carbocycles. The smallest absolute Gasteiger partial charge is 0.545 e. The van der Waals surface area contributed by atoms with Gasteiger partial charge in [0.25, 0.3) is 0 Å². The molecule has 5 nitrogen and oxygen atoms in total. The Labute approximate surface area is 196 Å². The first-order valence-corrected chi connectivity index (χ1v) is 9.38. The van der Waals surface area contributed by atoms with Crippen molar-refractivity contribution in [3.8, 4) is 5.75 Å². The number of benzene rings is 2. The molecule has 0 N–H and O–H groups in total. The molecular formula is C22H18ClN2NaO3. The van der Waals surface area contributed by atoms with Crippen LogP contribution in [0.25, 0.3) is 0 Å². The van der Waals surface area contributed by atoms with Crippen molar-refractivity contribution in [3.63, 3.8) is 0 Å². The van der Waals surface area contributed by atoms with E-state index in [0.717, 1.165) is 28.8 Å². The zero-order valence-corrected chi connectivity index (χ0v) is 18.9. The number of nitrogens with zero attached hydrogens (tertiary/aromatic N) is 2. The second kappa shape index (κ2) is 9.63. The summed E-state index contributed by atoms with van der Waals surface area (Å²) in [7, 11) is 0. The van der Waals surface area contributed by atoms with Gasteiger partial charge in [-0.25, -0.2) is 0 Å². The van der Waals surface area contributed by atoms with E-state index in [9.17, 15) is 9.90 Å². The van der Waals surface area contributed by atoms with Crippen LogP contribution in [0, 0.1) is 0 Å². The van der Waals surface area contributed by atoms with Gasteiger partial charge in [-0.2, -0.15) is 0 Å². The molecule has 0 bridgehead atoms. The van der Waals surface area contributed by atoms with E-state index in [2.05, 4.69) is 9.88 Å². The van der Waals surface area contributed by atoms with Gasteiger partial charge >= 0.3 is 29.6 Å². The Hall–Kier alpha value is -2.05. The molecule has 0 amide bonds. The third-order valence-corrected chi connectivity index (χ3v) is 5.09. The molecule has 2 heterocycles. The van der Waals surface area contributed by atoms with Crippen LogP contribution in [-0.4, -0.2) is 24.1 Å². The number of rotatable bonds is 5. The van der Waals surface area contributed by atoms with E-state index in [4.69, 9.17) is 16.3 Å². The van der Waals surface area contributed by atoms with Crippen molar-refractivity contribution in [2.24, 2.45) is 0 Å². The number of carbonyl (C=O) groups is 1. The van der Waals surface area contributed by atoms with Gasteiger partial charge in [0.2, 0.25) is 0 Å². The number of carbonyl (C=O) groups excluding carboxylic acids is 1. The Bertz CT molecular complexity index is 1010. The Morgan fingerprint density at radius 2 is 1.93 bits per heavy atom. The van der Waals surface area contributed by atoms with Crippen LogP contribution in [0.15, 0.2) is 60.9 Å². The minimum atomic E-state index is -1.23. The largest absolute Gasteiger partial charge is 1.00 e. The number of carboxylic acid groups (broad SMARTS) is 1. The van der Waals surface area contributed by atoms with Crippen LogP contribution in [0.1, 0.15) is 27.0 Å². The van der Waals surface area contributed by atoms with Gasteiger partial charge in [-0.05, 0) is 53.4 Å². The Balaban J connectivity index is 0.00000240. The monoisotopic (exact) mass is 416 g/mol. The number of ether oxygens (including phenoxy) is 1. The number of anilines is 1. The van der Waals surface area contributed by atoms with Crippen LogP contribution in [0.2, 0.25) is 5.02 Å². The maximum absolute atomic E-state index is 11.4. The average Bonchev–Trinajstić information content (AvgIpc) is 2.71. The number of fused-ring (bicyclic) bond motifs is 1. The number of aromatic carboxylic acids is 1. The zero-order chi connectivity index (χ0) is 19.5. The van der Waals surface area contributed by atoms with Crippen LogP contribution in [0.3, 0.4) is 0 Å². The van der Waals surface area contributed by atoms with Gasteiger partial charge in [-0.15, -0.1) is 0 Å². The molecule has 0 unspecified atom stereocenters. The summed E-state index contributed by atoms with van der Waals surface area (Å²) < 4.78 is 5.63. The van der Waals surface area contributed by atoms with Crippen molar-refractivity contribution in [2.75, 3.05) is 18.1 Å². The van der Waals surface area contributed by atoms with Crippen molar-refractivity contribution in [1.29, 1.82) is 0 Å². The maximum atomic E-state index is 11.4. The third-order valence-electron chi connectivity index (χ3n) is 4.84. The SMILES string of the molecule is O=C([O-])c1cccc2c1OCCN2Cc1ccncc1Cc1ccc(Cl)cc1.[Na+]. The normalized spacial score (nSPS) is 12.5. The molecule has 1 aromatic heterocycles. The topological polar surface area (TPSA) is 65.5 Å². The molecule has 0 spiro atoms. The van der Waals surface area contributed by atoms with E-state index >= 15 is 0 Å². The maximum Gasteiger partial charge on any atom is 1.00 e. The molecule has 1 aliphatic heterocycles. The number of halogens is 1. The molecule has 2 aromatic carbocycles. The molecule has 3 aromatic rings. The third kappa shape index (κ3) is 4.93. The Morgan fingerprint density at radius 3 is 2.69 bits per heavy atom. The van der Waals surface area contributed by atoms with Gasteiger partial charge in [0.15, 0.2) is 5.75 Å². The van der Waals surface area contributed by atoms with Gasteiger partial charge < -0.3 is 19.5 Å². The van der Waals surface area contributed by atoms with Crippen LogP contribution in [0.5, 0.6) is 5.75 Å². The van der Waals surface area contributed by atoms with Crippen molar-refractivity contribution >= 4 is 23.3 Å². The molecule has 0 atom stereocenters. The summed E-state index contributed by atoms with van der Waals surface area (Å²) in [5.41, 5.74) is 4.26. The van der Waals surface area contributed by atoms with E-state index < -0.39 is 5.97 Å². The number of carboxylic acids is 1. The van der Waals surface area contributed by atoms with Gasteiger partial charge in [0, 0.05) is 29.5 Å². The molecular weight excluding hydrogens is 399 g/mol. The number of aromatic nitrogens is 1. The number of pyridine rings is 1.